The summed E-state index contributed by atoms with van der Waals surface area (Å²) in [6, 6.07) is 3.79. The van der Waals surface area contributed by atoms with Gasteiger partial charge in [0.15, 0.2) is 0 Å². The van der Waals surface area contributed by atoms with Gasteiger partial charge < -0.3 is 0 Å². The maximum absolute atomic E-state index is 12.1. The average Bonchev–Trinajstić information content (AvgIpc) is 2.88. The fourth-order valence-corrected chi connectivity index (χ4v) is 3.43. The zero-order chi connectivity index (χ0) is 15.6. The van der Waals surface area contributed by atoms with Crippen LogP contribution in [0.25, 0.3) is 0 Å². The number of rotatable bonds is 5. The van der Waals surface area contributed by atoms with Gasteiger partial charge in [0, 0.05) is 6.20 Å². The molecule has 0 amide bonds. The van der Waals surface area contributed by atoms with Crippen molar-refractivity contribution in [1.29, 1.82) is 0 Å². The van der Waals surface area contributed by atoms with Crippen molar-refractivity contribution in [2.45, 2.75) is 11.4 Å². The van der Waals surface area contributed by atoms with Crippen LogP contribution in [0.5, 0.6) is 0 Å². The Morgan fingerprint density at radius 1 is 1.33 bits per heavy atom. The number of nitro groups is 1. The Labute approximate surface area is 129 Å². The quantitative estimate of drug-likeness (QED) is 0.632. The summed E-state index contributed by atoms with van der Waals surface area (Å²) in [6.45, 7) is -0.0604. The Balaban J connectivity index is 2.36. The van der Waals surface area contributed by atoms with Crippen LogP contribution >= 0.6 is 23.2 Å². The Morgan fingerprint density at radius 2 is 2.05 bits per heavy atom. The van der Waals surface area contributed by atoms with Crippen LogP contribution < -0.4 is 4.72 Å². The molecule has 1 aromatic heterocycles. The van der Waals surface area contributed by atoms with E-state index in [4.69, 9.17) is 23.2 Å². The van der Waals surface area contributed by atoms with Gasteiger partial charge in [-0.25, -0.2) is 13.1 Å². The lowest BCUT2D eigenvalue weighted by Crippen LogP contribution is -2.24. The molecule has 2 N–H and O–H groups in total. The molecular weight excluding hydrogens is 343 g/mol. The summed E-state index contributed by atoms with van der Waals surface area (Å²) >= 11 is 11.4. The van der Waals surface area contributed by atoms with Crippen molar-refractivity contribution in [2.75, 3.05) is 0 Å². The van der Waals surface area contributed by atoms with Gasteiger partial charge in [-0.3, -0.25) is 15.2 Å². The van der Waals surface area contributed by atoms with Crippen molar-refractivity contribution in [3.8, 4) is 0 Å². The molecule has 0 radical (unpaired) electrons. The standard InChI is InChI=1S/C10H8Cl2N4O4S/c11-7-1-2-8(9(12)10(7)16(17)18)21(19,20)14-5-6-3-4-13-15-6/h1-4,14H,5H2,(H,13,15). The fraction of sp³-hybridized carbons (Fsp3) is 0.100. The van der Waals surface area contributed by atoms with E-state index in [0.29, 0.717) is 5.69 Å². The van der Waals surface area contributed by atoms with E-state index in [0.717, 1.165) is 12.1 Å². The van der Waals surface area contributed by atoms with Crippen molar-refractivity contribution >= 4 is 38.9 Å². The van der Waals surface area contributed by atoms with Crippen molar-refractivity contribution in [3.05, 3.63) is 50.2 Å². The molecule has 0 saturated carbocycles. The van der Waals surface area contributed by atoms with Gasteiger partial charge in [0.05, 0.1) is 17.2 Å². The number of nitrogens with zero attached hydrogens (tertiary/aromatic N) is 2. The van der Waals surface area contributed by atoms with E-state index >= 15 is 0 Å². The number of aromatic amines is 1. The topological polar surface area (TPSA) is 118 Å². The van der Waals surface area contributed by atoms with Gasteiger partial charge in [-0.05, 0) is 18.2 Å². The van der Waals surface area contributed by atoms with Crippen molar-refractivity contribution < 1.29 is 13.3 Å². The number of aromatic nitrogens is 2. The summed E-state index contributed by atoms with van der Waals surface area (Å²) in [5.74, 6) is 0. The molecule has 1 heterocycles. The van der Waals surface area contributed by atoms with E-state index in [1.165, 1.54) is 6.20 Å². The van der Waals surface area contributed by atoms with E-state index in [9.17, 15) is 18.5 Å². The molecule has 0 saturated heterocycles. The van der Waals surface area contributed by atoms with Gasteiger partial charge in [0.2, 0.25) is 10.0 Å². The van der Waals surface area contributed by atoms with Gasteiger partial charge in [-0.1, -0.05) is 23.2 Å². The summed E-state index contributed by atoms with van der Waals surface area (Å²) in [4.78, 5) is 9.62. The number of nitrogens with one attached hydrogen (secondary N) is 2. The predicted molar refractivity (Wildman–Crippen MR) is 75.7 cm³/mol. The minimum Gasteiger partial charge on any atom is -0.281 e. The minimum absolute atomic E-state index is 0.0604. The predicted octanol–water partition coefficient (Wildman–Crippen LogP) is 2.10. The molecule has 1 aromatic carbocycles. The Kier molecular flexibility index (Phi) is 4.47. The van der Waals surface area contributed by atoms with E-state index in [1.54, 1.807) is 6.07 Å². The van der Waals surface area contributed by atoms with Crippen molar-refractivity contribution in [3.63, 3.8) is 0 Å². The highest BCUT2D eigenvalue weighted by Crippen LogP contribution is 2.36. The second-order valence-corrected chi connectivity index (χ2v) is 6.39. The highest BCUT2D eigenvalue weighted by molar-refractivity contribution is 7.89. The maximum atomic E-state index is 12.1. The molecule has 0 unspecified atom stereocenters. The molecule has 2 aromatic rings. The monoisotopic (exact) mass is 350 g/mol. The van der Waals surface area contributed by atoms with E-state index < -0.39 is 30.6 Å². The fourth-order valence-electron chi connectivity index (χ4n) is 1.53. The Morgan fingerprint density at radius 3 is 2.62 bits per heavy atom. The van der Waals surface area contributed by atoms with Crippen LogP contribution in [0.3, 0.4) is 0 Å². The summed E-state index contributed by atoms with van der Waals surface area (Å²) in [6.07, 6.45) is 1.46. The number of H-pyrrole nitrogens is 1. The van der Waals surface area contributed by atoms with E-state index in [-0.39, 0.29) is 11.6 Å². The normalized spacial score (nSPS) is 11.5. The third kappa shape index (κ3) is 3.32. The number of hydrogen-bond acceptors (Lipinski definition) is 5. The first-order chi connectivity index (χ1) is 9.83. The molecule has 0 aliphatic carbocycles. The summed E-state index contributed by atoms with van der Waals surface area (Å²) in [5, 5.41) is 16.3. The molecule has 0 aliphatic rings. The van der Waals surface area contributed by atoms with Crippen LogP contribution in [-0.2, 0) is 16.6 Å². The molecule has 0 bridgehead atoms. The first kappa shape index (κ1) is 15.7. The highest BCUT2D eigenvalue weighted by Gasteiger charge is 2.27. The van der Waals surface area contributed by atoms with Crippen LogP contribution in [0.2, 0.25) is 10.0 Å². The SMILES string of the molecule is O=[N+]([O-])c1c(Cl)ccc(S(=O)(=O)NCc2ccn[nH]2)c1Cl. The van der Waals surface area contributed by atoms with Crippen LogP contribution in [0.4, 0.5) is 5.69 Å². The lowest BCUT2D eigenvalue weighted by molar-refractivity contribution is -0.384. The summed E-state index contributed by atoms with van der Waals surface area (Å²) in [7, 11) is -4.03. The smallest absolute Gasteiger partial charge is 0.281 e. The second kappa shape index (κ2) is 5.98. The average molecular weight is 351 g/mol. The molecular formula is C10H8Cl2N4O4S. The van der Waals surface area contributed by atoms with E-state index in [2.05, 4.69) is 14.9 Å². The van der Waals surface area contributed by atoms with Gasteiger partial charge in [0.25, 0.3) is 0 Å². The van der Waals surface area contributed by atoms with Crippen molar-refractivity contribution in [2.24, 2.45) is 0 Å². The van der Waals surface area contributed by atoms with Gasteiger partial charge in [-0.15, -0.1) is 0 Å². The van der Waals surface area contributed by atoms with Crippen molar-refractivity contribution in [1.82, 2.24) is 14.9 Å². The van der Waals surface area contributed by atoms with Gasteiger partial charge in [0.1, 0.15) is 14.9 Å². The van der Waals surface area contributed by atoms with Crippen LogP contribution in [0, 0.1) is 10.1 Å². The first-order valence-corrected chi connectivity index (χ1v) is 7.67. The van der Waals surface area contributed by atoms with Gasteiger partial charge in [-0.2, -0.15) is 5.10 Å². The maximum Gasteiger partial charge on any atom is 0.307 e. The summed E-state index contributed by atoms with van der Waals surface area (Å²) in [5.41, 5.74) is -0.124. The van der Waals surface area contributed by atoms with Crippen LogP contribution in [0.15, 0.2) is 29.3 Å². The number of halogens is 2. The minimum atomic E-state index is -4.03. The lowest BCUT2D eigenvalue weighted by Gasteiger charge is -2.08. The number of nitro benzene ring substituents is 1. The van der Waals surface area contributed by atoms with Gasteiger partial charge >= 0.3 is 5.69 Å². The zero-order valence-corrected chi connectivity index (χ0v) is 12.5. The number of hydrogen-bond donors (Lipinski definition) is 2. The largest absolute Gasteiger partial charge is 0.307 e. The lowest BCUT2D eigenvalue weighted by atomic mass is 10.3. The molecule has 0 fully saturated rings. The highest BCUT2D eigenvalue weighted by atomic mass is 35.5. The summed E-state index contributed by atoms with van der Waals surface area (Å²) < 4.78 is 26.5. The molecule has 112 valence electrons. The third-order valence-electron chi connectivity index (χ3n) is 2.51. The van der Waals surface area contributed by atoms with Crippen LogP contribution in [-0.4, -0.2) is 23.5 Å². The first-order valence-electron chi connectivity index (χ1n) is 5.43. The molecule has 0 aliphatic heterocycles. The Bertz CT molecular complexity index is 777. The molecule has 21 heavy (non-hydrogen) atoms. The number of benzene rings is 1. The van der Waals surface area contributed by atoms with E-state index in [1.807, 2.05) is 0 Å². The molecule has 8 nitrogen and oxygen atoms in total. The molecule has 2 rings (SSSR count). The van der Waals surface area contributed by atoms with Crippen LogP contribution in [0.1, 0.15) is 5.69 Å². The number of sulfonamides is 1. The molecule has 11 heteroatoms. The Hall–Kier alpha value is -1.68. The molecule has 0 spiro atoms. The zero-order valence-electron chi connectivity index (χ0n) is 10.2. The molecule has 0 atom stereocenters. The third-order valence-corrected chi connectivity index (χ3v) is 4.76. The second-order valence-electron chi connectivity index (χ2n) is 3.87.